The van der Waals surface area contributed by atoms with Crippen LogP contribution in [-0.2, 0) is 11.2 Å². The Labute approximate surface area is 184 Å². The monoisotopic (exact) mass is 424 g/mol. The van der Waals surface area contributed by atoms with Crippen LogP contribution in [0.5, 0.6) is 0 Å². The van der Waals surface area contributed by atoms with Gasteiger partial charge in [-0.25, -0.2) is 14.4 Å². The van der Waals surface area contributed by atoms with Crippen molar-refractivity contribution in [3.63, 3.8) is 0 Å². The first-order valence-electron chi connectivity index (χ1n) is 10.5. The lowest BCUT2D eigenvalue weighted by molar-refractivity contribution is -0.116. The van der Waals surface area contributed by atoms with E-state index in [4.69, 9.17) is 4.98 Å². The van der Waals surface area contributed by atoms with Gasteiger partial charge in [0.15, 0.2) is 0 Å². The molecule has 1 amide bonds. The highest BCUT2D eigenvalue weighted by Crippen LogP contribution is 2.32. The van der Waals surface area contributed by atoms with E-state index in [1.807, 2.05) is 42.5 Å². The van der Waals surface area contributed by atoms with Crippen molar-refractivity contribution in [2.75, 3.05) is 5.32 Å². The summed E-state index contributed by atoms with van der Waals surface area (Å²) in [5.41, 5.74) is 4.38. The number of pyridine rings is 2. The summed E-state index contributed by atoms with van der Waals surface area (Å²) >= 11 is 0. The Morgan fingerprint density at radius 1 is 1.00 bits per heavy atom. The number of para-hydroxylation sites is 1. The number of aromatic amines is 1. The number of amides is 1. The molecule has 158 valence electrons. The number of carbonyl (C=O) groups is 1. The van der Waals surface area contributed by atoms with Gasteiger partial charge in [-0.05, 0) is 60.9 Å². The van der Waals surface area contributed by atoms with Crippen molar-refractivity contribution >= 4 is 33.5 Å². The topological polar surface area (TPSA) is 70.7 Å². The van der Waals surface area contributed by atoms with Gasteiger partial charge in [0.25, 0.3) is 0 Å². The summed E-state index contributed by atoms with van der Waals surface area (Å²) in [6.45, 7) is 0. The van der Waals surface area contributed by atoms with Gasteiger partial charge in [0.05, 0.1) is 16.9 Å². The first kappa shape index (κ1) is 19.9. The van der Waals surface area contributed by atoms with Gasteiger partial charge in [0.2, 0.25) is 5.91 Å². The van der Waals surface area contributed by atoms with Crippen LogP contribution in [0.1, 0.15) is 18.4 Å². The molecule has 3 heterocycles. The Bertz CT molecular complexity index is 1410. The first-order chi connectivity index (χ1) is 15.7. The second-order valence-electron chi connectivity index (χ2n) is 7.67. The van der Waals surface area contributed by atoms with Crippen LogP contribution in [0.3, 0.4) is 0 Å². The molecule has 6 heteroatoms. The number of hydrogen-bond donors (Lipinski definition) is 2. The SMILES string of the molecule is O=C(CCCc1c(-c2ccc3ccccc3n2)[nH]c2ccc(F)cc12)Nc1ccccn1. The molecule has 0 atom stereocenters. The minimum Gasteiger partial charge on any atom is -0.353 e. The highest BCUT2D eigenvalue weighted by molar-refractivity contribution is 5.92. The van der Waals surface area contributed by atoms with Crippen molar-refractivity contribution < 1.29 is 9.18 Å². The summed E-state index contributed by atoms with van der Waals surface area (Å²) < 4.78 is 14.0. The van der Waals surface area contributed by atoms with Crippen molar-refractivity contribution in [1.29, 1.82) is 0 Å². The van der Waals surface area contributed by atoms with Crippen LogP contribution in [0.2, 0.25) is 0 Å². The van der Waals surface area contributed by atoms with Crippen LogP contribution >= 0.6 is 0 Å². The number of carbonyl (C=O) groups excluding carboxylic acids is 1. The number of fused-ring (bicyclic) bond motifs is 2. The fraction of sp³-hybridized carbons (Fsp3) is 0.115. The quantitative estimate of drug-likeness (QED) is 0.358. The van der Waals surface area contributed by atoms with Gasteiger partial charge < -0.3 is 10.3 Å². The predicted octanol–water partition coefficient (Wildman–Crippen LogP) is 5.88. The number of H-pyrrole nitrogens is 1. The van der Waals surface area contributed by atoms with Gasteiger partial charge in [-0.3, -0.25) is 4.79 Å². The molecule has 0 aliphatic rings. The molecule has 0 saturated heterocycles. The summed E-state index contributed by atoms with van der Waals surface area (Å²) in [6, 6.07) is 22.1. The number of benzene rings is 2. The van der Waals surface area contributed by atoms with Crippen molar-refractivity contribution in [1.82, 2.24) is 15.0 Å². The summed E-state index contributed by atoms with van der Waals surface area (Å²) in [4.78, 5) is 24.7. The number of anilines is 1. The molecule has 0 saturated carbocycles. The highest BCUT2D eigenvalue weighted by atomic mass is 19.1. The minimum absolute atomic E-state index is 0.0971. The van der Waals surface area contributed by atoms with E-state index in [2.05, 4.69) is 15.3 Å². The van der Waals surface area contributed by atoms with Crippen molar-refractivity contribution in [3.8, 4) is 11.4 Å². The smallest absolute Gasteiger partial charge is 0.225 e. The van der Waals surface area contributed by atoms with E-state index in [0.29, 0.717) is 25.1 Å². The molecule has 0 bridgehead atoms. The average molecular weight is 424 g/mol. The number of rotatable bonds is 6. The average Bonchev–Trinajstić information content (AvgIpc) is 3.17. The van der Waals surface area contributed by atoms with Gasteiger partial charge in [-0.1, -0.05) is 30.3 Å². The molecule has 5 aromatic rings. The molecule has 2 N–H and O–H groups in total. The number of aromatic nitrogens is 3. The Balaban J connectivity index is 1.43. The van der Waals surface area contributed by atoms with E-state index in [1.54, 1.807) is 30.5 Å². The number of hydrogen-bond acceptors (Lipinski definition) is 3. The predicted molar refractivity (Wildman–Crippen MR) is 125 cm³/mol. The molecule has 0 aliphatic heterocycles. The summed E-state index contributed by atoms with van der Waals surface area (Å²) in [5, 5.41) is 4.69. The van der Waals surface area contributed by atoms with Gasteiger partial charge in [0, 0.05) is 28.9 Å². The van der Waals surface area contributed by atoms with Gasteiger partial charge in [0.1, 0.15) is 11.6 Å². The van der Waals surface area contributed by atoms with Crippen molar-refractivity contribution in [3.05, 3.63) is 90.4 Å². The zero-order chi connectivity index (χ0) is 21.9. The Hall–Kier alpha value is -4.06. The van der Waals surface area contributed by atoms with Crippen LogP contribution in [0.4, 0.5) is 10.2 Å². The van der Waals surface area contributed by atoms with Crippen LogP contribution in [0, 0.1) is 5.82 Å². The number of nitrogens with zero attached hydrogens (tertiary/aromatic N) is 2. The molecule has 0 radical (unpaired) electrons. The molecule has 3 aromatic heterocycles. The number of aryl methyl sites for hydroxylation is 1. The molecule has 0 fully saturated rings. The Kier molecular flexibility index (Phi) is 5.34. The maximum absolute atomic E-state index is 14.0. The lowest BCUT2D eigenvalue weighted by Crippen LogP contribution is -2.12. The third-order valence-electron chi connectivity index (χ3n) is 5.49. The van der Waals surface area contributed by atoms with Crippen LogP contribution in [0.15, 0.2) is 79.0 Å². The number of halogens is 1. The molecule has 0 unspecified atom stereocenters. The minimum atomic E-state index is -0.288. The standard InChI is InChI=1S/C26H21FN4O/c27-18-12-14-22-20(16-18)19(7-5-10-25(32)31-24-9-3-4-15-28-24)26(30-22)23-13-11-17-6-1-2-8-21(17)29-23/h1-4,6,8-9,11-16,30H,5,7,10H2,(H,28,31,32). The molecule has 0 aliphatic carbocycles. The molecular formula is C26H21FN4O. The van der Waals surface area contributed by atoms with E-state index in [1.165, 1.54) is 6.07 Å². The van der Waals surface area contributed by atoms with E-state index < -0.39 is 0 Å². The highest BCUT2D eigenvalue weighted by Gasteiger charge is 2.16. The fourth-order valence-electron chi connectivity index (χ4n) is 3.97. The third kappa shape index (κ3) is 4.07. The molecule has 5 nitrogen and oxygen atoms in total. The van der Waals surface area contributed by atoms with Crippen molar-refractivity contribution in [2.45, 2.75) is 19.3 Å². The van der Waals surface area contributed by atoms with Gasteiger partial charge >= 0.3 is 0 Å². The maximum atomic E-state index is 14.0. The molecular weight excluding hydrogens is 403 g/mol. The summed E-state index contributed by atoms with van der Waals surface area (Å²) in [5.74, 6) is 0.150. The second kappa shape index (κ2) is 8.59. The van der Waals surface area contributed by atoms with E-state index in [0.717, 1.165) is 38.8 Å². The summed E-state index contributed by atoms with van der Waals surface area (Å²) in [7, 11) is 0. The summed E-state index contributed by atoms with van der Waals surface area (Å²) in [6.07, 6.45) is 3.20. The molecule has 2 aromatic carbocycles. The lowest BCUT2D eigenvalue weighted by Gasteiger charge is -2.07. The molecule has 32 heavy (non-hydrogen) atoms. The zero-order valence-corrected chi connectivity index (χ0v) is 17.3. The van der Waals surface area contributed by atoms with Gasteiger partial charge in [-0.2, -0.15) is 0 Å². The van der Waals surface area contributed by atoms with Crippen molar-refractivity contribution in [2.24, 2.45) is 0 Å². The molecule has 0 spiro atoms. The van der Waals surface area contributed by atoms with Gasteiger partial charge in [-0.15, -0.1) is 0 Å². The molecule has 5 rings (SSSR count). The van der Waals surface area contributed by atoms with E-state index in [-0.39, 0.29) is 11.7 Å². The lowest BCUT2D eigenvalue weighted by atomic mass is 10.0. The zero-order valence-electron chi connectivity index (χ0n) is 17.3. The maximum Gasteiger partial charge on any atom is 0.225 e. The van der Waals surface area contributed by atoms with E-state index >= 15 is 0 Å². The largest absolute Gasteiger partial charge is 0.353 e. The Morgan fingerprint density at radius 2 is 1.88 bits per heavy atom. The van der Waals surface area contributed by atoms with Crippen LogP contribution in [-0.4, -0.2) is 20.9 Å². The normalized spacial score (nSPS) is 11.2. The third-order valence-corrected chi connectivity index (χ3v) is 5.49. The Morgan fingerprint density at radius 3 is 2.75 bits per heavy atom. The second-order valence-corrected chi connectivity index (χ2v) is 7.67. The fourth-order valence-corrected chi connectivity index (χ4v) is 3.97. The number of nitrogens with one attached hydrogen (secondary N) is 2. The van der Waals surface area contributed by atoms with Crippen LogP contribution in [0.25, 0.3) is 33.2 Å². The van der Waals surface area contributed by atoms with E-state index in [9.17, 15) is 9.18 Å². The first-order valence-corrected chi connectivity index (χ1v) is 10.5. The van der Waals surface area contributed by atoms with Crippen LogP contribution < -0.4 is 5.32 Å².